The molecule has 0 aliphatic rings. The third kappa shape index (κ3) is 70.8. The first-order valence-electron chi connectivity index (χ1n) is 38.4. The van der Waals surface area contributed by atoms with E-state index in [1.165, 1.54) is 340 Å². The van der Waals surface area contributed by atoms with Crippen LogP contribution in [0.1, 0.15) is 418 Å². The molecule has 0 aliphatic carbocycles. The van der Waals surface area contributed by atoms with Crippen molar-refractivity contribution in [1.82, 2.24) is 5.32 Å². The van der Waals surface area contributed by atoms with E-state index < -0.39 is 12.1 Å². The first-order chi connectivity index (χ1) is 42.0. The number of nitrogens with one attached hydrogen (secondary N) is 1. The zero-order valence-corrected chi connectivity index (χ0v) is 57.4. The number of ether oxygens (including phenoxy) is 1. The van der Waals surface area contributed by atoms with Gasteiger partial charge in [-0.2, -0.15) is 0 Å². The average Bonchev–Trinajstić information content (AvgIpc) is 3.51. The molecule has 0 saturated carbocycles. The number of carbonyl (C=O) groups excluding carboxylic acids is 2. The van der Waals surface area contributed by atoms with Crippen molar-refractivity contribution in [2.45, 2.75) is 431 Å². The fourth-order valence-electron chi connectivity index (χ4n) is 12.0. The van der Waals surface area contributed by atoms with Gasteiger partial charge in [-0.3, -0.25) is 9.59 Å². The summed E-state index contributed by atoms with van der Waals surface area (Å²) in [6.07, 6.45) is 97.9. The zero-order valence-electron chi connectivity index (χ0n) is 57.4. The Kier molecular flexibility index (Phi) is 72.4. The summed E-state index contributed by atoms with van der Waals surface area (Å²) in [5.74, 6) is -0.0539. The first kappa shape index (κ1) is 82.8. The van der Waals surface area contributed by atoms with E-state index in [0.717, 1.165) is 51.4 Å². The van der Waals surface area contributed by atoms with Gasteiger partial charge < -0.3 is 20.3 Å². The van der Waals surface area contributed by atoms with Gasteiger partial charge in [-0.1, -0.05) is 364 Å². The van der Waals surface area contributed by atoms with E-state index in [0.29, 0.717) is 19.4 Å². The summed E-state index contributed by atoms with van der Waals surface area (Å²) in [6, 6.07) is -0.627. The molecule has 500 valence electrons. The molecule has 6 nitrogen and oxygen atoms in total. The molecule has 0 heterocycles. The molecule has 0 spiro atoms. The van der Waals surface area contributed by atoms with Crippen LogP contribution in [-0.4, -0.2) is 47.4 Å². The molecule has 0 fully saturated rings. The topological polar surface area (TPSA) is 95.9 Å². The van der Waals surface area contributed by atoms with Gasteiger partial charge in [-0.25, -0.2) is 0 Å². The van der Waals surface area contributed by atoms with Crippen LogP contribution in [0.15, 0.2) is 48.6 Å². The van der Waals surface area contributed by atoms with Gasteiger partial charge in [0.2, 0.25) is 5.91 Å². The summed E-state index contributed by atoms with van der Waals surface area (Å²) in [5.41, 5.74) is 0. The van der Waals surface area contributed by atoms with Gasteiger partial charge in [-0.05, 0) is 89.9 Å². The summed E-state index contributed by atoms with van der Waals surface area (Å²) < 4.78 is 5.49. The van der Waals surface area contributed by atoms with Crippen molar-refractivity contribution in [1.29, 1.82) is 0 Å². The highest BCUT2D eigenvalue weighted by Gasteiger charge is 2.18. The molecule has 3 N–H and O–H groups in total. The fraction of sp³-hybridized carbons (Fsp3) is 0.873. The number of aliphatic hydroxyl groups excluding tert-OH is 2. The van der Waals surface area contributed by atoms with Gasteiger partial charge in [0.15, 0.2) is 0 Å². The Bertz CT molecular complexity index is 1420. The number of aliphatic hydroxyl groups is 2. The minimum absolute atomic E-state index is 0.00828. The van der Waals surface area contributed by atoms with Crippen molar-refractivity contribution in [2.24, 2.45) is 0 Å². The van der Waals surface area contributed by atoms with Crippen molar-refractivity contribution < 1.29 is 24.5 Å². The molecular weight excluding hydrogens is 1040 g/mol. The second kappa shape index (κ2) is 74.3. The molecule has 0 aromatic carbocycles. The number of carbonyl (C=O) groups is 2. The maximum Gasteiger partial charge on any atom is 0.305 e. The summed E-state index contributed by atoms with van der Waals surface area (Å²) in [4.78, 5) is 24.6. The van der Waals surface area contributed by atoms with Crippen molar-refractivity contribution >= 4 is 11.9 Å². The maximum atomic E-state index is 12.5. The number of hydrogen-bond donors (Lipinski definition) is 3. The van der Waals surface area contributed by atoms with E-state index in [-0.39, 0.29) is 18.5 Å². The lowest BCUT2D eigenvalue weighted by molar-refractivity contribution is -0.143. The number of rotatable bonds is 72. The molecule has 2 unspecified atom stereocenters. The maximum absolute atomic E-state index is 12.5. The fourth-order valence-corrected chi connectivity index (χ4v) is 12.0. The highest BCUT2D eigenvalue weighted by Crippen LogP contribution is 2.19. The molecule has 0 bridgehead atoms. The Morgan fingerprint density at radius 3 is 0.906 bits per heavy atom. The monoisotopic (exact) mass is 1190 g/mol. The van der Waals surface area contributed by atoms with E-state index in [2.05, 4.69) is 55.6 Å². The highest BCUT2D eigenvalue weighted by atomic mass is 16.5. The lowest BCUT2D eigenvalue weighted by Crippen LogP contribution is -2.45. The molecule has 0 aliphatic heterocycles. The van der Waals surface area contributed by atoms with Gasteiger partial charge in [0.25, 0.3) is 0 Å². The first-order valence-corrected chi connectivity index (χ1v) is 38.4. The number of unbranched alkanes of at least 4 members (excludes halogenated alkanes) is 55. The van der Waals surface area contributed by atoms with Crippen LogP contribution in [0.4, 0.5) is 0 Å². The molecule has 85 heavy (non-hydrogen) atoms. The van der Waals surface area contributed by atoms with Crippen LogP contribution in [0.3, 0.4) is 0 Å². The summed E-state index contributed by atoms with van der Waals surface area (Å²) in [7, 11) is 0. The van der Waals surface area contributed by atoms with Crippen LogP contribution in [-0.2, 0) is 14.3 Å². The Morgan fingerprint density at radius 1 is 0.329 bits per heavy atom. The molecule has 6 heteroatoms. The van der Waals surface area contributed by atoms with E-state index >= 15 is 0 Å². The minimum atomic E-state index is -0.844. The van der Waals surface area contributed by atoms with Crippen LogP contribution < -0.4 is 5.32 Å². The molecule has 1 amide bonds. The number of allylic oxidation sites excluding steroid dienone is 7. The van der Waals surface area contributed by atoms with Gasteiger partial charge >= 0.3 is 5.97 Å². The normalized spacial score (nSPS) is 12.8. The van der Waals surface area contributed by atoms with Gasteiger partial charge in [-0.15, -0.1) is 0 Å². The van der Waals surface area contributed by atoms with Gasteiger partial charge in [0, 0.05) is 12.8 Å². The largest absolute Gasteiger partial charge is 0.466 e. The molecule has 0 saturated heterocycles. The Hall–Kier alpha value is -2.18. The molecule has 0 aromatic rings. The quantitative estimate of drug-likeness (QED) is 0.0320. The van der Waals surface area contributed by atoms with Crippen LogP contribution in [0.5, 0.6) is 0 Å². The molecule has 2 atom stereocenters. The number of amides is 1. The molecule has 0 rings (SSSR count). The summed E-state index contributed by atoms with van der Waals surface area (Å²) in [5, 5.41) is 23.3. The Morgan fingerprint density at radius 2 is 0.588 bits per heavy atom. The summed E-state index contributed by atoms with van der Waals surface area (Å²) in [6.45, 7) is 4.93. The van der Waals surface area contributed by atoms with E-state index in [1.54, 1.807) is 6.08 Å². The standard InChI is InChI=1S/C79H149NO5/c1-3-5-7-9-11-13-15-17-19-20-38-41-44-47-51-55-59-63-67-71-77(82)76(75-81)80-78(83)72-68-64-60-56-52-48-45-42-39-36-34-32-30-28-26-24-22-21-23-25-27-29-31-33-35-37-40-43-46-50-54-58-62-66-70-74-85-79(84)73-69-65-61-57-53-49-18-16-14-12-10-8-6-4-2/h16,18,23,25,29,31,67,71,76-77,81-82H,3-15,17,19-22,24,26-28,30,32-66,68-70,72-75H2,1-2H3,(H,80,83)/b18-16-,25-23-,31-29-,71-67+. The van der Waals surface area contributed by atoms with Crippen molar-refractivity contribution in [2.75, 3.05) is 13.2 Å². The molecule has 0 aromatic heterocycles. The third-order valence-electron chi connectivity index (χ3n) is 17.8. The van der Waals surface area contributed by atoms with Crippen molar-refractivity contribution in [3.8, 4) is 0 Å². The van der Waals surface area contributed by atoms with E-state index in [4.69, 9.17) is 4.74 Å². The average molecular weight is 1190 g/mol. The van der Waals surface area contributed by atoms with Crippen molar-refractivity contribution in [3.05, 3.63) is 48.6 Å². The third-order valence-corrected chi connectivity index (χ3v) is 17.8. The molecule has 0 radical (unpaired) electrons. The lowest BCUT2D eigenvalue weighted by Gasteiger charge is -2.20. The van der Waals surface area contributed by atoms with Crippen LogP contribution in [0.2, 0.25) is 0 Å². The SMILES string of the molecule is CCCCCCC/C=C\CCCCCCCC(=O)OCCCCCCCCCCCCC/C=C\C/C=C\CCCCCCCCCCCCCCCCCCCC(=O)NC(CO)C(O)/C=C/CCCCCCCCCCCCCCCCCCC. The van der Waals surface area contributed by atoms with Gasteiger partial charge in [0.05, 0.1) is 25.4 Å². The smallest absolute Gasteiger partial charge is 0.305 e. The van der Waals surface area contributed by atoms with Crippen LogP contribution in [0.25, 0.3) is 0 Å². The highest BCUT2D eigenvalue weighted by molar-refractivity contribution is 5.76. The van der Waals surface area contributed by atoms with Crippen LogP contribution in [0, 0.1) is 0 Å². The number of hydrogen-bond acceptors (Lipinski definition) is 5. The van der Waals surface area contributed by atoms with Gasteiger partial charge in [0.1, 0.15) is 0 Å². The van der Waals surface area contributed by atoms with E-state index in [9.17, 15) is 19.8 Å². The van der Waals surface area contributed by atoms with Crippen molar-refractivity contribution in [3.63, 3.8) is 0 Å². The minimum Gasteiger partial charge on any atom is -0.466 e. The molecular formula is C79H149NO5. The Balaban J connectivity index is 3.39. The Labute approximate surface area is 531 Å². The number of esters is 1. The second-order valence-electron chi connectivity index (χ2n) is 26.3. The lowest BCUT2D eigenvalue weighted by atomic mass is 10.0. The van der Waals surface area contributed by atoms with Crippen LogP contribution >= 0.6 is 0 Å². The van der Waals surface area contributed by atoms with E-state index in [1.807, 2.05) is 6.08 Å². The predicted octanol–water partition coefficient (Wildman–Crippen LogP) is 25.2. The summed E-state index contributed by atoms with van der Waals surface area (Å²) >= 11 is 0. The zero-order chi connectivity index (χ0) is 61.3. The predicted molar refractivity (Wildman–Crippen MR) is 375 cm³/mol. The second-order valence-corrected chi connectivity index (χ2v) is 26.3.